The fourth-order valence-electron chi connectivity index (χ4n) is 1.52. The number of esters is 1. The van der Waals surface area contributed by atoms with Gasteiger partial charge >= 0.3 is 5.97 Å². The Morgan fingerprint density at radius 2 is 2.29 bits per heavy atom. The van der Waals surface area contributed by atoms with Gasteiger partial charge in [0, 0.05) is 6.54 Å². The Bertz CT molecular complexity index is 314. The number of hydrogen-bond donors (Lipinski definition) is 1. The van der Waals surface area contributed by atoms with Crippen LogP contribution < -0.4 is 5.14 Å². The first kappa shape index (κ1) is 11.4. The zero-order chi connectivity index (χ0) is 10.8. The van der Waals surface area contributed by atoms with Crippen LogP contribution in [0.25, 0.3) is 0 Å². The smallest absolute Gasteiger partial charge is 0.324 e. The first-order chi connectivity index (χ1) is 6.46. The standard InChI is InChI=1S/C7H14N2O4S/c1-2-13-7(10)6-4-3-5-9(6)14(8,11)12/h6H,2-5H2,1H3,(H2,8,11,12)/t6-/m0/s1. The van der Waals surface area contributed by atoms with Crippen molar-refractivity contribution in [3.63, 3.8) is 0 Å². The van der Waals surface area contributed by atoms with Gasteiger partial charge in [0.05, 0.1) is 6.61 Å². The molecule has 0 aliphatic carbocycles. The second kappa shape index (κ2) is 4.24. The van der Waals surface area contributed by atoms with Gasteiger partial charge in [0.1, 0.15) is 6.04 Å². The van der Waals surface area contributed by atoms with Crippen molar-refractivity contribution in [3.8, 4) is 0 Å². The van der Waals surface area contributed by atoms with Crippen LogP contribution in [0.3, 0.4) is 0 Å². The second-order valence-corrected chi connectivity index (χ2v) is 4.56. The molecule has 0 radical (unpaired) electrons. The Hall–Kier alpha value is -0.660. The minimum Gasteiger partial charge on any atom is -0.465 e. The molecule has 0 bridgehead atoms. The molecule has 0 saturated carbocycles. The highest BCUT2D eigenvalue weighted by Crippen LogP contribution is 2.20. The molecule has 0 aromatic heterocycles. The summed E-state index contributed by atoms with van der Waals surface area (Å²) in [6.07, 6.45) is 1.12. The van der Waals surface area contributed by atoms with Gasteiger partial charge < -0.3 is 4.74 Å². The highest BCUT2D eigenvalue weighted by molar-refractivity contribution is 7.86. The van der Waals surface area contributed by atoms with Crippen LogP contribution in [0.1, 0.15) is 19.8 Å². The van der Waals surface area contributed by atoms with Crippen molar-refractivity contribution in [1.29, 1.82) is 0 Å². The van der Waals surface area contributed by atoms with Crippen molar-refractivity contribution in [2.45, 2.75) is 25.8 Å². The molecule has 82 valence electrons. The maximum atomic E-state index is 11.3. The van der Waals surface area contributed by atoms with Gasteiger partial charge in [-0.1, -0.05) is 0 Å². The zero-order valence-corrected chi connectivity index (χ0v) is 8.79. The van der Waals surface area contributed by atoms with E-state index in [1.807, 2.05) is 0 Å². The van der Waals surface area contributed by atoms with E-state index in [0.717, 1.165) is 4.31 Å². The molecule has 2 N–H and O–H groups in total. The minimum absolute atomic E-state index is 0.244. The number of rotatable bonds is 3. The van der Waals surface area contributed by atoms with Gasteiger partial charge in [0.25, 0.3) is 10.2 Å². The van der Waals surface area contributed by atoms with Crippen molar-refractivity contribution in [3.05, 3.63) is 0 Å². The maximum absolute atomic E-state index is 11.3. The molecular weight excluding hydrogens is 208 g/mol. The summed E-state index contributed by atoms with van der Waals surface area (Å²) in [5.74, 6) is -0.515. The fourth-order valence-corrected chi connectivity index (χ4v) is 2.45. The Kier molecular flexibility index (Phi) is 3.46. The van der Waals surface area contributed by atoms with Crippen molar-refractivity contribution < 1.29 is 17.9 Å². The average molecular weight is 222 g/mol. The molecule has 1 atom stereocenters. The highest BCUT2D eigenvalue weighted by atomic mass is 32.2. The van der Waals surface area contributed by atoms with Crippen LogP contribution in [0.2, 0.25) is 0 Å². The number of ether oxygens (including phenoxy) is 1. The quantitative estimate of drug-likeness (QED) is 0.634. The molecule has 0 spiro atoms. The van der Waals surface area contributed by atoms with Gasteiger partial charge in [-0.05, 0) is 19.8 Å². The lowest BCUT2D eigenvalue weighted by Crippen LogP contribution is -2.44. The van der Waals surface area contributed by atoms with E-state index in [1.54, 1.807) is 6.92 Å². The van der Waals surface area contributed by atoms with Crippen LogP contribution in [0.5, 0.6) is 0 Å². The Morgan fingerprint density at radius 1 is 1.64 bits per heavy atom. The number of hydrogen-bond acceptors (Lipinski definition) is 4. The number of nitrogens with zero attached hydrogens (tertiary/aromatic N) is 1. The SMILES string of the molecule is CCOC(=O)[C@@H]1CCCN1S(N)(=O)=O. The topological polar surface area (TPSA) is 89.7 Å². The molecule has 1 heterocycles. The minimum atomic E-state index is -3.78. The van der Waals surface area contributed by atoms with Crippen molar-refractivity contribution >= 4 is 16.2 Å². The molecule has 0 amide bonds. The first-order valence-corrected chi connectivity index (χ1v) is 5.93. The van der Waals surface area contributed by atoms with E-state index >= 15 is 0 Å². The predicted molar refractivity (Wildman–Crippen MR) is 49.5 cm³/mol. The number of nitrogens with two attached hydrogens (primary N) is 1. The Morgan fingerprint density at radius 3 is 2.79 bits per heavy atom. The highest BCUT2D eigenvalue weighted by Gasteiger charge is 2.37. The van der Waals surface area contributed by atoms with Gasteiger partial charge in [-0.2, -0.15) is 12.7 Å². The Balaban J connectivity index is 2.74. The van der Waals surface area contributed by atoms with Gasteiger partial charge in [-0.25, -0.2) is 5.14 Å². The van der Waals surface area contributed by atoms with Gasteiger partial charge in [0.2, 0.25) is 0 Å². The van der Waals surface area contributed by atoms with Crippen molar-refractivity contribution in [2.24, 2.45) is 5.14 Å². The van der Waals surface area contributed by atoms with Crippen LogP contribution in [-0.2, 0) is 19.7 Å². The van der Waals surface area contributed by atoms with Gasteiger partial charge in [-0.3, -0.25) is 4.79 Å². The largest absolute Gasteiger partial charge is 0.465 e. The van der Waals surface area contributed by atoms with E-state index in [2.05, 4.69) is 0 Å². The number of carbonyl (C=O) groups excluding carboxylic acids is 1. The lowest BCUT2D eigenvalue weighted by molar-refractivity contribution is -0.146. The predicted octanol–water partition coefficient (Wildman–Crippen LogP) is -0.783. The first-order valence-electron chi connectivity index (χ1n) is 4.43. The molecule has 1 aliphatic heterocycles. The summed E-state index contributed by atoms with van der Waals surface area (Å²) < 4.78 is 27.8. The average Bonchev–Trinajstić information content (AvgIpc) is 2.50. The van der Waals surface area contributed by atoms with E-state index in [9.17, 15) is 13.2 Å². The summed E-state index contributed by atoms with van der Waals surface area (Å²) in [7, 11) is -3.78. The monoisotopic (exact) mass is 222 g/mol. The normalized spacial score (nSPS) is 23.7. The molecular formula is C7H14N2O4S. The number of carbonyl (C=O) groups is 1. The zero-order valence-electron chi connectivity index (χ0n) is 7.97. The van der Waals surface area contributed by atoms with Gasteiger partial charge in [0.15, 0.2) is 0 Å². The third-order valence-electron chi connectivity index (χ3n) is 2.09. The van der Waals surface area contributed by atoms with E-state index < -0.39 is 22.2 Å². The van der Waals surface area contributed by atoms with Gasteiger partial charge in [-0.15, -0.1) is 0 Å². The molecule has 0 aromatic carbocycles. The fraction of sp³-hybridized carbons (Fsp3) is 0.857. The molecule has 14 heavy (non-hydrogen) atoms. The summed E-state index contributed by atoms with van der Waals surface area (Å²) in [5.41, 5.74) is 0. The van der Waals surface area contributed by atoms with E-state index in [1.165, 1.54) is 0 Å². The summed E-state index contributed by atoms with van der Waals surface area (Å²) in [4.78, 5) is 11.3. The van der Waals surface area contributed by atoms with Crippen LogP contribution in [0, 0.1) is 0 Å². The lowest BCUT2D eigenvalue weighted by Gasteiger charge is -2.19. The molecule has 1 rings (SSSR count). The molecule has 1 fully saturated rings. The summed E-state index contributed by atoms with van der Waals surface area (Å²) in [6, 6.07) is -0.732. The third-order valence-corrected chi connectivity index (χ3v) is 3.18. The third kappa shape index (κ3) is 2.43. The van der Waals surface area contributed by atoms with E-state index in [0.29, 0.717) is 19.4 Å². The van der Waals surface area contributed by atoms with Crippen molar-refractivity contribution in [1.82, 2.24) is 4.31 Å². The van der Waals surface area contributed by atoms with Crippen LogP contribution in [0.15, 0.2) is 0 Å². The Labute approximate surface area is 83.2 Å². The van der Waals surface area contributed by atoms with Crippen LogP contribution in [0.4, 0.5) is 0 Å². The van der Waals surface area contributed by atoms with E-state index in [-0.39, 0.29) is 6.61 Å². The van der Waals surface area contributed by atoms with Crippen molar-refractivity contribution in [2.75, 3.05) is 13.2 Å². The maximum Gasteiger partial charge on any atom is 0.324 e. The van der Waals surface area contributed by atoms with Crippen LogP contribution in [-0.4, -0.2) is 37.9 Å². The lowest BCUT2D eigenvalue weighted by atomic mass is 10.2. The molecule has 0 unspecified atom stereocenters. The second-order valence-electron chi connectivity index (χ2n) is 3.07. The molecule has 6 nitrogen and oxygen atoms in total. The molecule has 1 aliphatic rings. The molecule has 7 heteroatoms. The summed E-state index contributed by atoms with van der Waals surface area (Å²) in [6.45, 7) is 2.21. The van der Waals surface area contributed by atoms with E-state index in [4.69, 9.17) is 9.88 Å². The summed E-state index contributed by atoms with van der Waals surface area (Å²) in [5, 5.41) is 4.96. The molecule has 1 saturated heterocycles. The summed E-state index contributed by atoms with van der Waals surface area (Å²) >= 11 is 0. The molecule has 0 aromatic rings. The van der Waals surface area contributed by atoms with Crippen LogP contribution >= 0.6 is 0 Å².